The van der Waals surface area contributed by atoms with Crippen molar-refractivity contribution in [2.24, 2.45) is 0 Å². The molecule has 3 rings (SSSR count). The normalized spacial score (nSPS) is 10.7. The van der Waals surface area contributed by atoms with Crippen LogP contribution in [0.4, 0.5) is 0 Å². The van der Waals surface area contributed by atoms with Crippen molar-refractivity contribution in [1.82, 2.24) is 0 Å². The van der Waals surface area contributed by atoms with Crippen LogP contribution < -0.4 is 4.74 Å². The third kappa shape index (κ3) is 7.12. The maximum absolute atomic E-state index is 13.1. The van der Waals surface area contributed by atoms with Crippen LogP contribution in [0.3, 0.4) is 0 Å². The molecule has 0 aliphatic rings. The van der Waals surface area contributed by atoms with E-state index in [-0.39, 0.29) is 18.2 Å². The van der Waals surface area contributed by atoms with Crippen LogP contribution in [0.25, 0.3) is 0 Å². The van der Waals surface area contributed by atoms with Gasteiger partial charge in [-0.1, -0.05) is 73.5 Å². The third-order valence-corrected chi connectivity index (χ3v) is 6.87. The van der Waals surface area contributed by atoms with Gasteiger partial charge in [-0.25, -0.2) is 0 Å². The quantitative estimate of drug-likeness (QED) is 0.119. The van der Waals surface area contributed by atoms with Gasteiger partial charge >= 0.3 is 5.97 Å². The number of halogens is 1. The average molecular weight is 497 g/mol. The van der Waals surface area contributed by atoms with E-state index in [4.69, 9.17) is 21.1 Å². The van der Waals surface area contributed by atoms with Crippen molar-refractivity contribution < 1.29 is 19.1 Å². The maximum atomic E-state index is 13.1. The predicted molar refractivity (Wildman–Crippen MR) is 138 cm³/mol. The van der Waals surface area contributed by atoms with Crippen molar-refractivity contribution >= 4 is 35.1 Å². The third-order valence-electron chi connectivity index (χ3n) is 5.29. The number of hydrogen-bond donors (Lipinski definition) is 0. The first-order valence-corrected chi connectivity index (χ1v) is 12.7. The second-order valence-electron chi connectivity index (χ2n) is 7.80. The number of thioether (sulfide) groups is 1. The smallest absolute Gasteiger partial charge is 0.309 e. The number of benzene rings is 3. The Morgan fingerprint density at radius 2 is 1.79 bits per heavy atom. The molecule has 3 aromatic rings. The topological polar surface area (TPSA) is 52.6 Å². The van der Waals surface area contributed by atoms with Crippen molar-refractivity contribution in [2.75, 3.05) is 19.5 Å². The van der Waals surface area contributed by atoms with E-state index in [0.717, 1.165) is 46.8 Å². The van der Waals surface area contributed by atoms with Crippen molar-refractivity contribution in [3.63, 3.8) is 0 Å². The molecule has 34 heavy (non-hydrogen) atoms. The Bertz CT molecular complexity index is 1110. The first-order chi connectivity index (χ1) is 16.5. The fraction of sp³-hybridized carbons (Fsp3) is 0.286. The van der Waals surface area contributed by atoms with Gasteiger partial charge in [-0.3, -0.25) is 9.59 Å². The van der Waals surface area contributed by atoms with Gasteiger partial charge in [0.2, 0.25) is 0 Å². The van der Waals surface area contributed by atoms with Gasteiger partial charge in [-0.2, -0.15) is 0 Å². The zero-order chi connectivity index (χ0) is 24.3. The Kier molecular flexibility index (Phi) is 10.0. The molecule has 0 saturated carbocycles. The molecule has 0 atom stereocenters. The van der Waals surface area contributed by atoms with E-state index in [1.165, 1.54) is 7.11 Å². The van der Waals surface area contributed by atoms with E-state index in [2.05, 4.69) is 6.92 Å². The largest absolute Gasteiger partial charge is 0.493 e. The Balaban J connectivity index is 1.58. The highest BCUT2D eigenvalue weighted by Crippen LogP contribution is 2.30. The molecule has 0 radical (unpaired) electrons. The van der Waals surface area contributed by atoms with Crippen molar-refractivity contribution in [2.45, 2.75) is 37.5 Å². The average Bonchev–Trinajstić information content (AvgIpc) is 2.86. The monoisotopic (exact) mass is 496 g/mol. The summed E-state index contributed by atoms with van der Waals surface area (Å²) in [5.74, 6) is 1.35. The predicted octanol–water partition coefficient (Wildman–Crippen LogP) is 6.80. The van der Waals surface area contributed by atoms with Crippen LogP contribution in [-0.4, -0.2) is 31.2 Å². The van der Waals surface area contributed by atoms with Gasteiger partial charge in [0, 0.05) is 27.3 Å². The van der Waals surface area contributed by atoms with Gasteiger partial charge in [0.1, 0.15) is 5.75 Å². The number of carbonyl (C=O) groups excluding carboxylic acids is 2. The van der Waals surface area contributed by atoms with Crippen LogP contribution in [0, 0.1) is 0 Å². The molecule has 0 spiro atoms. The van der Waals surface area contributed by atoms with E-state index < -0.39 is 0 Å². The van der Waals surface area contributed by atoms with Crippen LogP contribution in [0.2, 0.25) is 5.02 Å². The van der Waals surface area contributed by atoms with Gasteiger partial charge in [0.25, 0.3) is 0 Å². The Morgan fingerprint density at radius 3 is 2.50 bits per heavy atom. The zero-order valence-electron chi connectivity index (χ0n) is 19.5. The highest BCUT2D eigenvalue weighted by molar-refractivity contribution is 7.99. The summed E-state index contributed by atoms with van der Waals surface area (Å²) in [6.45, 7) is 2.65. The van der Waals surface area contributed by atoms with Crippen LogP contribution >= 0.6 is 23.4 Å². The number of methoxy groups -OCH3 is 1. The molecule has 0 bridgehead atoms. The maximum Gasteiger partial charge on any atom is 0.309 e. The summed E-state index contributed by atoms with van der Waals surface area (Å²) in [5.41, 5.74) is 3.19. The summed E-state index contributed by atoms with van der Waals surface area (Å²) in [5, 5.41) is 0.629. The SMILES string of the molecule is CCCc1c(OCCCSc2ccc(CC(=O)OC)cc2Cl)cccc1C(=O)c1ccccc1. The number of hydrogen-bond acceptors (Lipinski definition) is 5. The second kappa shape index (κ2) is 13.2. The summed E-state index contributed by atoms with van der Waals surface area (Å²) in [6.07, 6.45) is 2.75. The van der Waals surface area contributed by atoms with Gasteiger partial charge in [0.15, 0.2) is 5.78 Å². The van der Waals surface area contributed by atoms with Gasteiger partial charge < -0.3 is 9.47 Å². The van der Waals surface area contributed by atoms with Crippen molar-refractivity contribution in [3.05, 3.63) is 94.0 Å². The molecular weight excluding hydrogens is 468 g/mol. The van der Waals surface area contributed by atoms with E-state index in [0.29, 0.717) is 22.8 Å². The zero-order valence-corrected chi connectivity index (χ0v) is 21.1. The van der Waals surface area contributed by atoms with E-state index >= 15 is 0 Å². The fourth-order valence-corrected chi connectivity index (χ4v) is 4.81. The highest BCUT2D eigenvalue weighted by Gasteiger charge is 2.17. The molecule has 0 unspecified atom stereocenters. The van der Waals surface area contributed by atoms with E-state index in [1.807, 2.05) is 66.7 Å². The molecule has 0 N–H and O–H groups in total. The summed E-state index contributed by atoms with van der Waals surface area (Å²) < 4.78 is 10.8. The van der Waals surface area contributed by atoms with Crippen LogP contribution in [-0.2, 0) is 22.4 Å². The molecule has 0 aliphatic carbocycles. The minimum absolute atomic E-state index is 0.0235. The molecule has 3 aromatic carbocycles. The summed E-state index contributed by atoms with van der Waals surface area (Å²) >= 11 is 8.03. The molecule has 0 saturated heterocycles. The molecule has 0 heterocycles. The molecule has 178 valence electrons. The number of ketones is 1. The molecule has 4 nitrogen and oxygen atoms in total. The summed E-state index contributed by atoms with van der Waals surface area (Å²) in [4.78, 5) is 25.5. The lowest BCUT2D eigenvalue weighted by Gasteiger charge is -2.15. The van der Waals surface area contributed by atoms with Crippen LogP contribution in [0.15, 0.2) is 71.6 Å². The Labute approximate surface area is 210 Å². The number of rotatable bonds is 12. The Hall–Kier alpha value is -2.76. The lowest BCUT2D eigenvalue weighted by atomic mass is 9.95. The number of ether oxygens (including phenoxy) is 2. The number of esters is 1. The van der Waals surface area contributed by atoms with Crippen molar-refractivity contribution in [3.8, 4) is 5.75 Å². The molecule has 0 amide bonds. The van der Waals surface area contributed by atoms with Crippen LogP contribution in [0.5, 0.6) is 5.75 Å². The van der Waals surface area contributed by atoms with E-state index in [9.17, 15) is 9.59 Å². The molecule has 6 heteroatoms. The van der Waals surface area contributed by atoms with Crippen molar-refractivity contribution in [1.29, 1.82) is 0 Å². The number of carbonyl (C=O) groups is 2. The van der Waals surface area contributed by atoms with Crippen LogP contribution in [0.1, 0.15) is 46.8 Å². The first kappa shape index (κ1) is 25.9. The summed E-state index contributed by atoms with van der Waals surface area (Å²) in [6, 6.07) is 20.7. The summed E-state index contributed by atoms with van der Waals surface area (Å²) in [7, 11) is 1.37. The van der Waals surface area contributed by atoms with Gasteiger partial charge in [-0.05, 0) is 36.6 Å². The minimum Gasteiger partial charge on any atom is -0.493 e. The molecule has 0 fully saturated rings. The first-order valence-electron chi connectivity index (χ1n) is 11.4. The molecule has 0 aromatic heterocycles. The molecule has 0 aliphatic heterocycles. The van der Waals surface area contributed by atoms with Gasteiger partial charge in [-0.15, -0.1) is 11.8 Å². The van der Waals surface area contributed by atoms with Gasteiger partial charge in [0.05, 0.1) is 25.2 Å². The molecular formula is C28H29ClO4S. The minimum atomic E-state index is -0.286. The Morgan fingerprint density at radius 1 is 1.00 bits per heavy atom. The highest BCUT2D eigenvalue weighted by atomic mass is 35.5. The van der Waals surface area contributed by atoms with E-state index in [1.54, 1.807) is 11.8 Å². The lowest BCUT2D eigenvalue weighted by Crippen LogP contribution is -2.09. The lowest BCUT2D eigenvalue weighted by molar-refractivity contribution is -0.139. The second-order valence-corrected chi connectivity index (χ2v) is 9.34. The fourth-order valence-electron chi connectivity index (χ4n) is 3.60. The standard InChI is InChI=1S/C28H29ClO4S/c1-3-9-22-23(28(31)21-10-5-4-6-11-21)12-7-13-25(22)33-16-8-17-34-26-15-14-20(18-24(26)29)19-27(30)32-2/h4-7,10-15,18H,3,8-9,16-17,19H2,1-2H3.